The predicted octanol–water partition coefficient (Wildman–Crippen LogP) is 2.16. The number of hydrogen-bond donors (Lipinski definition) is 1. The minimum Gasteiger partial charge on any atom is -0.343 e. The normalized spacial score (nSPS) is 12.2. The van der Waals surface area contributed by atoms with E-state index in [2.05, 4.69) is 15.3 Å². The van der Waals surface area contributed by atoms with Crippen molar-refractivity contribution in [3.63, 3.8) is 0 Å². The van der Waals surface area contributed by atoms with Crippen molar-refractivity contribution >= 4 is 17.5 Å². The van der Waals surface area contributed by atoms with Crippen molar-refractivity contribution in [2.75, 3.05) is 20.6 Å². The van der Waals surface area contributed by atoms with E-state index >= 15 is 0 Å². The summed E-state index contributed by atoms with van der Waals surface area (Å²) in [5, 5.41) is 3.21. The van der Waals surface area contributed by atoms with Gasteiger partial charge in [-0.3, -0.25) is 4.79 Å². The summed E-state index contributed by atoms with van der Waals surface area (Å²) in [6.07, 6.45) is 2.72. The Hall–Kier alpha value is -1.98. The zero-order valence-electron chi connectivity index (χ0n) is 12.0. The second kappa shape index (κ2) is 7.15. The Kier molecular flexibility index (Phi) is 5.25. The SMILES string of the molecule is CN(C)CC(NC(=O)c1ncncc1Cl)c1ccccc1. The Morgan fingerprint density at radius 2 is 2.05 bits per heavy atom. The molecule has 0 saturated heterocycles. The highest BCUT2D eigenvalue weighted by atomic mass is 35.5. The van der Waals surface area contributed by atoms with Crippen LogP contribution in [0.15, 0.2) is 42.9 Å². The van der Waals surface area contributed by atoms with Gasteiger partial charge >= 0.3 is 0 Å². The third-order valence-corrected chi connectivity index (χ3v) is 3.21. The molecular formula is C15H17ClN4O. The molecule has 21 heavy (non-hydrogen) atoms. The molecule has 0 fully saturated rings. The first-order valence-electron chi connectivity index (χ1n) is 6.54. The molecule has 0 radical (unpaired) electrons. The van der Waals surface area contributed by atoms with E-state index in [9.17, 15) is 4.79 Å². The maximum absolute atomic E-state index is 12.3. The number of nitrogens with one attached hydrogen (secondary N) is 1. The van der Waals surface area contributed by atoms with Gasteiger partial charge in [-0.05, 0) is 19.7 Å². The van der Waals surface area contributed by atoms with Crippen molar-refractivity contribution in [2.45, 2.75) is 6.04 Å². The second-order valence-corrected chi connectivity index (χ2v) is 5.33. The highest BCUT2D eigenvalue weighted by molar-refractivity contribution is 6.33. The molecule has 1 atom stereocenters. The third-order valence-electron chi connectivity index (χ3n) is 2.94. The molecule has 2 rings (SSSR count). The molecule has 0 aliphatic carbocycles. The molecule has 1 heterocycles. The smallest absolute Gasteiger partial charge is 0.272 e. The van der Waals surface area contributed by atoms with Crippen LogP contribution in [0.2, 0.25) is 5.02 Å². The van der Waals surface area contributed by atoms with Crippen LogP contribution in [0.3, 0.4) is 0 Å². The fourth-order valence-corrected chi connectivity index (χ4v) is 2.18. The summed E-state index contributed by atoms with van der Waals surface area (Å²) >= 11 is 5.96. The first kappa shape index (κ1) is 15.4. The highest BCUT2D eigenvalue weighted by Crippen LogP contribution is 2.16. The average molecular weight is 305 g/mol. The van der Waals surface area contributed by atoms with E-state index in [0.717, 1.165) is 5.56 Å². The molecule has 0 saturated carbocycles. The number of amides is 1. The molecule has 6 heteroatoms. The van der Waals surface area contributed by atoms with Gasteiger partial charge in [0.15, 0.2) is 0 Å². The molecule has 1 aromatic heterocycles. The van der Waals surface area contributed by atoms with Gasteiger partial charge in [-0.25, -0.2) is 9.97 Å². The van der Waals surface area contributed by atoms with Crippen LogP contribution in [-0.4, -0.2) is 41.4 Å². The Labute approximate surface area is 129 Å². The minimum atomic E-state index is -0.307. The molecule has 2 aromatic rings. The zero-order chi connectivity index (χ0) is 15.2. The monoisotopic (exact) mass is 304 g/mol. The molecule has 1 aromatic carbocycles. The van der Waals surface area contributed by atoms with Gasteiger partial charge in [0, 0.05) is 12.7 Å². The van der Waals surface area contributed by atoms with Crippen LogP contribution < -0.4 is 5.32 Å². The number of aromatic nitrogens is 2. The summed E-state index contributed by atoms with van der Waals surface area (Å²) in [6, 6.07) is 9.66. The quantitative estimate of drug-likeness (QED) is 0.919. The molecule has 1 unspecified atom stereocenters. The van der Waals surface area contributed by atoms with Crippen molar-refractivity contribution in [3.8, 4) is 0 Å². The second-order valence-electron chi connectivity index (χ2n) is 4.92. The van der Waals surface area contributed by atoms with E-state index in [4.69, 9.17) is 11.6 Å². The van der Waals surface area contributed by atoms with Crippen LogP contribution in [0.25, 0.3) is 0 Å². The Balaban J connectivity index is 2.19. The van der Waals surface area contributed by atoms with Crippen molar-refractivity contribution in [1.29, 1.82) is 0 Å². The Morgan fingerprint density at radius 3 is 2.67 bits per heavy atom. The molecule has 0 aliphatic rings. The molecule has 5 nitrogen and oxygen atoms in total. The lowest BCUT2D eigenvalue weighted by molar-refractivity contribution is 0.0925. The minimum absolute atomic E-state index is 0.139. The third kappa shape index (κ3) is 4.24. The summed E-state index contributed by atoms with van der Waals surface area (Å²) in [6.45, 7) is 0.679. The number of halogens is 1. The fraction of sp³-hybridized carbons (Fsp3) is 0.267. The highest BCUT2D eigenvalue weighted by Gasteiger charge is 2.19. The van der Waals surface area contributed by atoms with Gasteiger partial charge in [0.05, 0.1) is 11.1 Å². The van der Waals surface area contributed by atoms with E-state index < -0.39 is 0 Å². The summed E-state index contributed by atoms with van der Waals surface area (Å²) in [4.78, 5) is 22.1. The maximum atomic E-state index is 12.3. The Bertz CT molecular complexity index is 604. The molecule has 0 spiro atoms. The lowest BCUT2D eigenvalue weighted by Crippen LogP contribution is -2.35. The zero-order valence-corrected chi connectivity index (χ0v) is 12.7. The maximum Gasteiger partial charge on any atom is 0.272 e. The summed E-state index contributed by atoms with van der Waals surface area (Å²) in [7, 11) is 3.92. The van der Waals surface area contributed by atoms with Crippen molar-refractivity contribution in [3.05, 3.63) is 59.1 Å². The molecular weight excluding hydrogens is 288 g/mol. The molecule has 0 aliphatic heterocycles. The number of benzene rings is 1. The van der Waals surface area contributed by atoms with E-state index in [0.29, 0.717) is 6.54 Å². The summed E-state index contributed by atoms with van der Waals surface area (Å²) < 4.78 is 0. The van der Waals surface area contributed by atoms with Crippen molar-refractivity contribution in [2.24, 2.45) is 0 Å². The largest absolute Gasteiger partial charge is 0.343 e. The van der Waals surface area contributed by atoms with Crippen molar-refractivity contribution < 1.29 is 4.79 Å². The van der Waals surface area contributed by atoms with Gasteiger partial charge in [0.25, 0.3) is 5.91 Å². The molecule has 1 amide bonds. The topological polar surface area (TPSA) is 58.1 Å². The van der Waals surface area contributed by atoms with Gasteiger partial charge < -0.3 is 10.2 Å². The number of carbonyl (C=O) groups is 1. The lowest BCUT2D eigenvalue weighted by atomic mass is 10.1. The number of rotatable bonds is 5. The molecule has 110 valence electrons. The first-order valence-corrected chi connectivity index (χ1v) is 6.91. The summed E-state index contributed by atoms with van der Waals surface area (Å²) in [5.41, 5.74) is 1.22. The van der Waals surface area contributed by atoms with Gasteiger partial charge in [-0.15, -0.1) is 0 Å². The van der Waals surface area contributed by atoms with Crippen LogP contribution in [0.5, 0.6) is 0 Å². The fourth-order valence-electron chi connectivity index (χ4n) is 1.99. The van der Waals surface area contributed by atoms with Gasteiger partial charge in [0.2, 0.25) is 0 Å². The number of likely N-dealkylation sites (N-methyl/N-ethyl adjacent to an activating group) is 1. The molecule has 0 bridgehead atoms. The lowest BCUT2D eigenvalue weighted by Gasteiger charge is -2.22. The number of hydrogen-bond acceptors (Lipinski definition) is 4. The predicted molar refractivity (Wildman–Crippen MR) is 82.2 cm³/mol. The van der Waals surface area contributed by atoms with Gasteiger partial charge in [0.1, 0.15) is 12.0 Å². The van der Waals surface area contributed by atoms with Crippen LogP contribution in [0.4, 0.5) is 0 Å². The number of nitrogens with zero attached hydrogens (tertiary/aromatic N) is 3. The first-order chi connectivity index (χ1) is 10.1. The standard InChI is InChI=1S/C15H17ClN4O/c1-20(2)9-13(11-6-4-3-5-7-11)19-15(21)14-12(16)8-17-10-18-14/h3-8,10,13H,9H2,1-2H3,(H,19,21). The van der Waals surface area contributed by atoms with Gasteiger partial charge in [-0.1, -0.05) is 41.9 Å². The van der Waals surface area contributed by atoms with Crippen LogP contribution in [0.1, 0.15) is 22.1 Å². The molecule has 1 N–H and O–H groups in total. The summed E-state index contributed by atoms with van der Waals surface area (Å²) in [5.74, 6) is -0.307. The van der Waals surface area contributed by atoms with E-state index in [1.54, 1.807) is 0 Å². The Morgan fingerprint density at radius 1 is 1.33 bits per heavy atom. The van der Waals surface area contributed by atoms with Crippen LogP contribution in [-0.2, 0) is 0 Å². The number of carbonyl (C=O) groups excluding carboxylic acids is 1. The van der Waals surface area contributed by atoms with Crippen molar-refractivity contribution in [1.82, 2.24) is 20.2 Å². The van der Waals surface area contributed by atoms with Crippen LogP contribution >= 0.6 is 11.6 Å². The van der Waals surface area contributed by atoms with E-state index in [1.807, 2.05) is 49.3 Å². The van der Waals surface area contributed by atoms with E-state index in [1.165, 1.54) is 12.5 Å². The van der Waals surface area contributed by atoms with E-state index in [-0.39, 0.29) is 22.7 Å². The van der Waals surface area contributed by atoms with Crippen LogP contribution in [0, 0.1) is 0 Å². The van der Waals surface area contributed by atoms with Gasteiger partial charge in [-0.2, -0.15) is 0 Å². The average Bonchev–Trinajstić information content (AvgIpc) is 2.47.